The molecule has 0 radical (unpaired) electrons. The van der Waals surface area contributed by atoms with Crippen LogP contribution in [0.4, 0.5) is 0 Å². The van der Waals surface area contributed by atoms with Gasteiger partial charge in [-0.1, -0.05) is 0 Å². The quantitative estimate of drug-likeness (QED) is 0.871. The molecule has 0 aliphatic heterocycles. The van der Waals surface area contributed by atoms with Gasteiger partial charge in [0.25, 0.3) is 5.91 Å². The fraction of sp³-hybridized carbons (Fsp3) is 0.308. The summed E-state index contributed by atoms with van der Waals surface area (Å²) in [4.78, 5) is 21.7. The van der Waals surface area contributed by atoms with Crippen LogP contribution in [0.15, 0.2) is 41.4 Å². The van der Waals surface area contributed by atoms with Gasteiger partial charge in [-0.15, -0.1) is 0 Å². The second-order valence-electron chi connectivity index (χ2n) is 4.30. The molecule has 0 saturated heterocycles. The van der Waals surface area contributed by atoms with Crippen molar-refractivity contribution in [2.45, 2.75) is 6.04 Å². The van der Waals surface area contributed by atoms with Crippen molar-refractivity contribution in [3.63, 3.8) is 0 Å². The maximum absolute atomic E-state index is 11.9. The van der Waals surface area contributed by atoms with Crippen LogP contribution in [0.5, 0.6) is 0 Å². The van der Waals surface area contributed by atoms with Crippen LogP contribution in [0, 0.1) is 0 Å². The van der Waals surface area contributed by atoms with Gasteiger partial charge in [0.2, 0.25) is 0 Å². The average Bonchev–Trinajstić information content (AvgIpc) is 2.93. The standard InChI is InChI=1S/C13H16N4O2/c1-17(2)11(12-4-3-7-19-12)9-16-13(18)10-8-14-5-6-15-10/h3-8,11H,9H2,1-2H3,(H,16,18)/t11-/m1/s1. The summed E-state index contributed by atoms with van der Waals surface area (Å²) in [5.74, 6) is 0.566. The molecule has 6 nitrogen and oxygen atoms in total. The molecule has 0 aliphatic carbocycles. The molecule has 19 heavy (non-hydrogen) atoms. The Morgan fingerprint density at radius 1 is 1.47 bits per heavy atom. The number of amides is 1. The molecule has 0 saturated carbocycles. The SMILES string of the molecule is CN(C)[C@H](CNC(=O)c1cnccn1)c1ccco1. The van der Waals surface area contributed by atoms with Gasteiger partial charge in [0.1, 0.15) is 11.5 Å². The number of furan rings is 1. The molecule has 0 aromatic carbocycles. The monoisotopic (exact) mass is 260 g/mol. The Hall–Kier alpha value is -2.21. The van der Waals surface area contributed by atoms with E-state index in [0.29, 0.717) is 12.2 Å². The first-order valence-corrected chi connectivity index (χ1v) is 5.92. The summed E-state index contributed by atoms with van der Waals surface area (Å²) in [7, 11) is 3.86. The minimum atomic E-state index is -0.244. The molecule has 0 aliphatic rings. The Morgan fingerprint density at radius 3 is 2.89 bits per heavy atom. The van der Waals surface area contributed by atoms with E-state index in [2.05, 4.69) is 15.3 Å². The maximum atomic E-state index is 11.9. The summed E-state index contributed by atoms with van der Waals surface area (Å²) in [6, 6.07) is 3.70. The minimum absolute atomic E-state index is 0.0179. The predicted octanol–water partition coefficient (Wildman–Crippen LogP) is 1.10. The van der Waals surface area contributed by atoms with Crippen LogP contribution < -0.4 is 5.32 Å². The number of aromatic nitrogens is 2. The highest BCUT2D eigenvalue weighted by molar-refractivity contribution is 5.91. The summed E-state index contributed by atoms with van der Waals surface area (Å²) in [5.41, 5.74) is 0.305. The van der Waals surface area contributed by atoms with Crippen molar-refractivity contribution >= 4 is 5.91 Å². The van der Waals surface area contributed by atoms with E-state index in [0.717, 1.165) is 5.76 Å². The average molecular weight is 260 g/mol. The minimum Gasteiger partial charge on any atom is -0.468 e. The molecular weight excluding hydrogens is 244 g/mol. The number of hydrogen-bond donors (Lipinski definition) is 1. The van der Waals surface area contributed by atoms with Crippen molar-refractivity contribution in [2.75, 3.05) is 20.6 Å². The predicted molar refractivity (Wildman–Crippen MR) is 69.5 cm³/mol. The molecule has 0 fully saturated rings. The fourth-order valence-electron chi connectivity index (χ4n) is 1.71. The zero-order valence-electron chi connectivity index (χ0n) is 10.9. The van der Waals surface area contributed by atoms with Crippen LogP contribution in [0.3, 0.4) is 0 Å². The van der Waals surface area contributed by atoms with Crippen molar-refractivity contribution in [1.29, 1.82) is 0 Å². The summed E-state index contributed by atoms with van der Waals surface area (Å²) < 4.78 is 5.37. The third-order valence-electron chi connectivity index (χ3n) is 2.75. The van der Waals surface area contributed by atoms with E-state index < -0.39 is 0 Å². The lowest BCUT2D eigenvalue weighted by atomic mass is 10.2. The third-order valence-corrected chi connectivity index (χ3v) is 2.75. The van der Waals surface area contributed by atoms with Crippen LogP contribution >= 0.6 is 0 Å². The van der Waals surface area contributed by atoms with Gasteiger partial charge in [0.05, 0.1) is 18.5 Å². The maximum Gasteiger partial charge on any atom is 0.271 e. The highest BCUT2D eigenvalue weighted by Crippen LogP contribution is 2.17. The van der Waals surface area contributed by atoms with Crippen LogP contribution in [0.2, 0.25) is 0 Å². The summed E-state index contributed by atoms with van der Waals surface area (Å²) >= 11 is 0. The number of carbonyl (C=O) groups excluding carboxylic acids is 1. The van der Waals surface area contributed by atoms with Crippen molar-refractivity contribution in [3.05, 3.63) is 48.4 Å². The van der Waals surface area contributed by atoms with Gasteiger partial charge < -0.3 is 9.73 Å². The zero-order valence-corrected chi connectivity index (χ0v) is 10.9. The molecule has 0 unspecified atom stereocenters. The summed E-state index contributed by atoms with van der Waals surface area (Å²) in [6.07, 6.45) is 6.08. The molecule has 100 valence electrons. The second-order valence-corrected chi connectivity index (χ2v) is 4.30. The zero-order chi connectivity index (χ0) is 13.7. The van der Waals surface area contributed by atoms with Gasteiger partial charge >= 0.3 is 0 Å². The highest BCUT2D eigenvalue weighted by Gasteiger charge is 2.18. The first-order valence-electron chi connectivity index (χ1n) is 5.92. The molecule has 1 atom stereocenters. The Balaban J connectivity index is 1.98. The molecule has 2 aromatic rings. The Bertz CT molecular complexity index is 511. The first-order chi connectivity index (χ1) is 9.18. The molecule has 1 N–H and O–H groups in total. The van der Waals surface area contributed by atoms with Gasteiger partial charge in [0, 0.05) is 18.9 Å². The van der Waals surface area contributed by atoms with E-state index >= 15 is 0 Å². The lowest BCUT2D eigenvalue weighted by Gasteiger charge is -2.22. The molecule has 1 amide bonds. The van der Waals surface area contributed by atoms with Crippen molar-refractivity contribution in [2.24, 2.45) is 0 Å². The molecule has 6 heteroatoms. The number of hydrogen-bond acceptors (Lipinski definition) is 5. The molecule has 0 bridgehead atoms. The normalized spacial score (nSPS) is 12.4. The second kappa shape index (κ2) is 6.10. The van der Waals surface area contributed by atoms with Crippen LogP contribution in [-0.4, -0.2) is 41.4 Å². The molecule has 2 rings (SSSR count). The Kier molecular flexibility index (Phi) is 4.25. The van der Waals surface area contributed by atoms with E-state index in [1.54, 1.807) is 6.26 Å². The number of likely N-dealkylation sites (N-methyl/N-ethyl adjacent to an activating group) is 1. The first kappa shape index (κ1) is 13.2. The van der Waals surface area contributed by atoms with Gasteiger partial charge in [-0.25, -0.2) is 4.98 Å². The molecule has 2 heterocycles. The van der Waals surface area contributed by atoms with Gasteiger partial charge in [0.15, 0.2) is 0 Å². The van der Waals surface area contributed by atoms with Crippen LogP contribution in [0.25, 0.3) is 0 Å². The smallest absolute Gasteiger partial charge is 0.271 e. The van der Waals surface area contributed by atoms with E-state index in [4.69, 9.17) is 4.42 Å². The van der Waals surface area contributed by atoms with Crippen LogP contribution in [0.1, 0.15) is 22.3 Å². The highest BCUT2D eigenvalue weighted by atomic mass is 16.3. The Morgan fingerprint density at radius 2 is 2.32 bits per heavy atom. The third kappa shape index (κ3) is 3.38. The fourth-order valence-corrected chi connectivity index (χ4v) is 1.71. The number of rotatable bonds is 5. The molecule has 0 spiro atoms. The lowest BCUT2D eigenvalue weighted by Crippen LogP contribution is -2.34. The van der Waals surface area contributed by atoms with Crippen molar-refractivity contribution < 1.29 is 9.21 Å². The van der Waals surface area contributed by atoms with E-state index in [1.807, 2.05) is 31.1 Å². The van der Waals surface area contributed by atoms with E-state index in [9.17, 15) is 4.79 Å². The van der Waals surface area contributed by atoms with Crippen LogP contribution in [-0.2, 0) is 0 Å². The number of carbonyl (C=O) groups is 1. The van der Waals surface area contributed by atoms with Gasteiger partial charge in [-0.05, 0) is 26.2 Å². The number of nitrogens with zero attached hydrogens (tertiary/aromatic N) is 3. The molecular formula is C13H16N4O2. The summed E-state index contributed by atoms with van der Waals surface area (Å²) in [6.45, 7) is 0.440. The Labute approximate surface area is 111 Å². The van der Waals surface area contributed by atoms with E-state index in [-0.39, 0.29) is 11.9 Å². The largest absolute Gasteiger partial charge is 0.468 e. The lowest BCUT2D eigenvalue weighted by molar-refractivity contribution is 0.0933. The number of nitrogens with one attached hydrogen (secondary N) is 1. The van der Waals surface area contributed by atoms with Gasteiger partial charge in [-0.3, -0.25) is 14.7 Å². The van der Waals surface area contributed by atoms with Crippen molar-refractivity contribution in [1.82, 2.24) is 20.2 Å². The summed E-state index contributed by atoms with van der Waals surface area (Å²) in [5, 5.41) is 2.83. The van der Waals surface area contributed by atoms with E-state index in [1.165, 1.54) is 18.6 Å². The molecule has 2 aromatic heterocycles. The topological polar surface area (TPSA) is 71.3 Å². The van der Waals surface area contributed by atoms with Gasteiger partial charge in [-0.2, -0.15) is 0 Å². The van der Waals surface area contributed by atoms with Crippen molar-refractivity contribution in [3.8, 4) is 0 Å².